The fourth-order valence-corrected chi connectivity index (χ4v) is 2.98. The van der Waals surface area contributed by atoms with Crippen LogP contribution in [-0.2, 0) is 4.74 Å². The zero-order valence-electron chi connectivity index (χ0n) is 13.2. The molecule has 0 aliphatic rings. The number of carbonyl (C=O) groups excluding carboxylic acids is 2. The summed E-state index contributed by atoms with van der Waals surface area (Å²) in [5, 5.41) is 1.62. The van der Waals surface area contributed by atoms with E-state index >= 15 is 0 Å². The van der Waals surface area contributed by atoms with Gasteiger partial charge in [-0.05, 0) is 29.8 Å². The molecule has 1 heterocycles. The van der Waals surface area contributed by atoms with E-state index in [4.69, 9.17) is 27.9 Å². The molecule has 126 valence electrons. The summed E-state index contributed by atoms with van der Waals surface area (Å²) < 4.78 is 6.19. The predicted molar refractivity (Wildman–Crippen MR) is 99.4 cm³/mol. The fraction of sp³-hybridized carbons (Fsp3) is 0.0526. The molecule has 0 atom stereocenters. The van der Waals surface area contributed by atoms with E-state index in [0.717, 1.165) is 0 Å². The van der Waals surface area contributed by atoms with Gasteiger partial charge >= 0.3 is 5.97 Å². The van der Waals surface area contributed by atoms with Gasteiger partial charge in [-0.15, -0.1) is 0 Å². The highest BCUT2D eigenvalue weighted by molar-refractivity contribution is 6.35. The Kier molecular flexibility index (Phi) is 4.93. The Morgan fingerprint density at radius 2 is 1.88 bits per heavy atom. The Morgan fingerprint density at radius 3 is 2.60 bits per heavy atom. The number of esters is 1. The molecule has 0 N–H and O–H groups in total. The first-order chi connectivity index (χ1) is 12.0. The molecule has 0 radical (unpaired) electrons. The molecule has 0 unspecified atom stereocenters. The molecule has 1 aromatic heterocycles. The molecule has 6 heteroatoms. The number of methoxy groups -OCH3 is 1. The molecular weight excluding hydrogens is 361 g/mol. The lowest BCUT2D eigenvalue weighted by Crippen LogP contribution is -2.06. The maximum absolute atomic E-state index is 12.6. The van der Waals surface area contributed by atoms with Crippen molar-refractivity contribution in [3.05, 3.63) is 75.9 Å². The number of allylic oxidation sites excluding steroid dienone is 1. The van der Waals surface area contributed by atoms with Crippen LogP contribution in [0.15, 0.2) is 54.7 Å². The smallest absolute Gasteiger partial charge is 0.340 e. The van der Waals surface area contributed by atoms with E-state index in [-0.39, 0.29) is 5.91 Å². The molecule has 4 nitrogen and oxygen atoms in total. The molecule has 0 saturated carbocycles. The molecule has 3 aromatic rings. The van der Waals surface area contributed by atoms with Gasteiger partial charge in [0.2, 0.25) is 0 Å². The van der Waals surface area contributed by atoms with E-state index in [9.17, 15) is 9.59 Å². The maximum atomic E-state index is 12.6. The lowest BCUT2D eigenvalue weighted by Gasteiger charge is -2.01. The van der Waals surface area contributed by atoms with Crippen LogP contribution in [0.5, 0.6) is 0 Å². The van der Waals surface area contributed by atoms with Gasteiger partial charge in [0.1, 0.15) is 0 Å². The van der Waals surface area contributed by atoms with Gasteiger partial charge in [0.15, 0.2) is 0 Å². The first-order valence-corrected chi connectivity index (χ1v) is 8.12. The second kappa shape index (κ2) is 7.13. The monoisotopic (exact) mass is 373 g/mol. The van der Waals surface area contributed by atoms with Crippen LogP contribution in [0.2, 0.25) is 10.0 Å². The third-order valence-corrected chi connectivity index (χ3v) is 4.29. The van der Waals surface area contributed by atoms with E-state index < -0.39 is 5.97 Å². The van der Waals surface area contributed by atoms with Crippen molar-refractivity contribution in [3.63, 3.8) is 0 Å². The molecule has 0 spiro atoms. The Morgan fingerprint density at radius 1 is 1.12 bits per heavy atom. The molecule has 0 amide bonds. The van der Waals surface area contributed by atoms with Crippen molar-refractivity contribution in [2.45, 2.75) is 0 Å². The summed E-state index contributed by atoms with van der Waals surface area (Å²) in [6.45, 7) is 0. The van der Waals surface area contributed by atoms with Crippen molar-refractivity contribution in [2.24, 2.45) is 0 Å². The van der Waals surface area contributed by atoms with Gasteiger partial charge in [0.25, 0.3) is 5.91 Å². The van der Waals surface area contributed by atoms with Crippen LogP contribution in [0.1, 0.15) is 20.7 Å². The average molecular weight is 374 g/mol. The summed E-state index contributed by atoms with van der Waals surface area (Å²) >= 11 is 12.0. The van der Waals surface area contributed by atoms with Gasteiger partial charge in [-0.2, -0.15) is 0 Å². The molecule has 3 rings (SSSR count). The molecule has 0 aliphatic heterocycles. The van der Waals surface area contributed by atoms with Gasteiger partial charge < -0.3 is 4.74 Å². The second-order valence-corrected chi connectivity index (χ2v) is 6.10. The van der Waals surface area contributed by atoms with E-state index in [1.54, 1.807) is 48.5 Å². The normalized spacial score (nSPS) is 11.2. The van der Waals surface area contributed by atoms with Crippen molar-refractivity contribution < 1.29 is 14.3 Å². The SMILES string of the molecule is COC(=O)c1cn(C(=O)/C=C/c2ccc(Cl)cc2Cl)c2ccccc12. The third kappa shape index (κ3) is 3.45. The van der Waals surface area contributed by atoms with E-state index in [1.807, 2.05) is 0 Å². The number of fused-ring (bicyclic) bond motifs is 1. The summed E-state index contributed by atoms with van der Waals surface area (Å²) in [4.78, 5) is 24.5. The topological polar surface area (TPSA) is 48.3 Å². The second-order valence-electron chi connectivity index (χ2n) is 5.26. The number of benzene rings is 2. The number of halogens is 2. The van der Waals surface area contributed by atoms with Crippen LogP contribution in [0.3, 0.4) is 0 Å². The zero-order valence-corrected chi connectivity index (χ0v) is 14.7. The van der Waals surface area contributed by atoms with Gasteiger partial charge in [0.05, 0.1) is 18.2 Å². The van der Waals surface area contributed by atoms with Crippen LogP contribution in [0.25, 0.3) is 17.0 Å². The maximum Gasteiger partial charge on any atom is 0.340 e. The summed E-state index contributed by atoms with van der Waals surface area (Å²) in [5.41, 5.74) is 1.63. The van der Waals surface area contributed by atoms with Crippen LogP contribution in [0, 0.1) is 0 Å². The number of aromatic nitrogens is 1. The Labute approximate surface area is 154 Å². The number of para-hydroxylation sites is 1. The predicted octanol–water partition coefficient (Wildman–Crippen LogP) is 5.09. The van der Waals surface area contributed by atoms with Crippen LogP contribution < -0.4 is 0 Å². The van der Waals surface area contributed by atoms with Crippen LogP contribution in [0.4, 0.5) is 0 Å². The largest absolute Gasteiger partial charge is 0.465 e. The van der Waals surface area contributed by atoms with Crippen molar-refractivity contribution in [3.8, 4) is 0 Å². The Hall–Kier alpha value is -2.56. The highest BCUT2D eigenvalue weighted by atomic mass is 35.5. The lowest BCUT2D eigenvalue weighted by atomic mass is 10.2. The number of rotatable bonds is 3. The molecule has 0 fully saturated rings. The zero-order chi connectivity index (χ0) is 18.0. The van der Waals surface area contributed by atoms with Crippen molar-refractivity contribution >= 4 is 52.1 Å². The molecular formula is C19H13Cl2NO3. The number of carbonyl (C=O) groups is 2. The minimum atomic E-state index is -0.493. The molecule has 25 heavy (non-hydrogen) atoms. The minimum Gasteiger partial charge on any atom is -0.465 e. The highest BCUT2D eigenvalue weighted by Crippen LogP contribution is 2.24. The molecule has 0 bridgehead atoms. The number of nitrogens with zero attached hydrogens (tertiary/aromatic N) is 1. The Balaban J connectivity index is 2.00. The average Bonchev–Trinajstić information content (AvgIpc) is 3.00. The van der Waals surface area contributed by atoms with Crippen LogP contribution in [-0.4, -0.2) is 23.6 Å². The Bertz CT molecular complexity index is 1010. The van der Waals surface area contributed by atoms with Gasteiger partial charge in [-0.25, -0.2) is 4.79 Å². The first kappa shape index (κ1) is 17.3. The number of hydrogen-bond acceptors (Lipinski definition) is 3. The van der Waals surface area contributed by atoms with Crippen LogP contribution >= 0.6 is 23.2 Å². The standard InChI is InChI=1S/C19H13Cl2NO3/c1-25-19(24)15-11-22(17-5-3-2-4-14(15)17)18(23)9-7-12-6-8-13(20)10-16(12)21/h2-11H,1H3/b9-7+. The summed E-state index contributed by atoms with van der Waals surface area (Å²) in [5.74, 6) is -0.801. The molecule has 2 aromatic carbocycles. The van der Waals surface area contributed by atoms with Gasteiger partial charge in [-0.3, -0.25) is 9.36 Å². The molecule has 0 saturated heterocycles. The molecule has 0 aliphatic carbocycles. The van der Waals surface area contributed by atoms with E-state index in [0.29, 0.717) is 32.1 Å². The van der Waals surface area contributed by atoms with Crippen molar-refractivity contribution in [1.29, 1.82) is 0 Å². The van der Waals surface area contributed by atoms with Crippen molar-refractivity contribution in [2.75, 3.05) is 7.11 Å². The van der Waals surface area contributed by atoms with E-state index in [2.05, 4.69) is 0 Å². The third-order valence-electron chi connectivity index (χ3n) is 3.72. The summed E-state index contributed by atoms with van der Waals surface area (Å²) in [6, 6.07) is 12.2. The van der Waals surface area contributed by atoms with E-state index in [1.165, 1.54) is 23.9 Å². The minimum absolute atomic E-state index is 0.308. The van der Waals surface area contributed by atoms with Gasteiger partial charge in [-0.1, -0.05) is 47.5 Å². The van der Waals surface area contributed by atoms with Gasteiger partial charge in [0, 0.05) is 27.7 Å². The summed E-state index contributed by atoms with van der Waals surface area (Å²) in [6.07, 6.45) is 4.48. The highest BCUT2D eigenvalue weighted by Gasteiger charge is 2.17. The first-order valence-electron chi connectivity index (χ1n) is 7.37. The quantitative estimate of drug-likeness (QED) is 0.474. The number of hydrogen-bond donors (Lipinski definition) is 0. The number of ether oxygens (including phenoxy) is 1. The fourth-order valence-electron chi connectivity index (χ4n) is 2.51. The van der Waals surface area contributed by atoms with Crippen molar-refractivity contribution in [1.82, 2.24) is 4.57 Å². The lowest BCUT2D eigenvalue weighted by molar-refractivity contribution is 0.0603. The summed E-state index contributed by atoms with van der Waals surface area (Å²) in [7, 11) is 1.30.